The number of aliphatic carboxylic acids is 1. The van der Waals surface area contributed by atoms with Crippen LogP contribution in [0.25, 0.3) is 0 Å². The van der Waals surface area contributed by atoms with Crippen molar-refractivity contribution in [1.82, 2.24) is 0 Å². The summed E-state index contributed by atoms with van der Waals surface area (Å²) < 4.78 is 25.8. The number of carbonyl (C=O) groups excluding carboxylic acids is 1. The molecule has 0 bridgehead atoms. The molecule has 2 N–H and O–H groups in total. The lowest BCUT2D eigenvalue weighted by Gasteiger charge is -2.24. The predicted molar refractivity (Wildman–Crippen MR) is 68.0 cm³/mol. The quantitative estimate of drug-likeness (QED) is 0.837. The summed E-state index contributed by atoms with van der Waals surface area (Å²) in [5, 5.41) is 11.5. The van der Waals surface area contributed by atoms with Gasteiger partial charge in [-0.3, -0.25) is 9.59 Å². The van der Waals surface area contributed by atoms with Gasteiger partial charge in [-0.2, -0.15) is 0 Å². The summed E-state index contributed by atoms with van der Waals surface area (Å²) >= 11 is 0. The molecule has 1 aliphatic carbocycles. The van der Waals surface area contributed by atoms with Crippen molar-refractivity contribution in [3.63, 3.8) is 0 Å². The van der Waals surface area contributed by atoms with Crippen molar-refractivity contribution in [2.24, 2.45) is 11.8 Å². The van der Waals surface area contributed by atoms with Crippen molar-refractivity contribution in [2.45, 2.75) is 12.8 Å². The highest BCUT2D eigenvalue weighted by Crippen LogP contribution is 2.27. The van der Waals surface area contributed by atoms with E-state index in [-0.39, 0.29) is 12.1 Å². The Morgan fingerprint density at radius 3 is 2.35 bits per heavy atom. The fourth-order valence-electron chi connectivity index (χ4n) is 2.19. The molecule has 20 heavy (non-hydrogen) atoms. The van der Waals surface area contributed by atoms with E-state index in [4.69, 9.17) is 5.11 Å². The number of allylic oxidation sites excluding steroid dienone is 2. The predicted octanol–water partition coefficient (Wildman–Crippen LogP) is 2.57. The third-order valence-corrected chi connectivity index (χ3v) is 3.27. The Balaban J connectivity index is 2.12. The van der Waals surface area contributed by atoms with Gasteiger partial charge in [-0.05, 0) is 25.0 Å². The number of amides is 1. The molecule has 6 heteroatoms. The maximum Gasteiger partial charge on any atom is 0.307 e. The first-order valence-electron chi connectivity index (χ1n) is 6.12. The topological polar surface area (TPSA) is 66.4 Å². The van der Waals surface area contributed by atoms with Crippen molar-refractivity contribution < 1.29 is 23.5 Å². The van der Waals surface area contributed by atoms with E-state index >= 15 is 0 Å². The summed E-state index contributed by atoms with van der Waals surface area (Å²) in [6.45, 7) is 0. The molecule has 0 radical (unpaired) electrons. The molecule has 0 unspecified atom stereocenters. The molecule has 0 heterocycles. The number of halogens is 2. The van der Waals surface area contributed by atoms with E-state index in [1.807, 2.05) is 0 Å². The Labute approximate surface area is 114 Å². The lowest BCUT2D eigenvalue weighted by molar-refractivity contribution is -0.146. The number of rotatable bonds is 3. The molecule has 4 nitrogen and oxygen atoms in total. The fourth-order valence-corrected chi connectivity index (χ4v) is 2.19. The van der Waals surface area contributed by atoms with Gasteiger partial charge in [-0.1, -0.05) is 12.2 Å². The normalized spacial score (nSPS) is 21.5. The molecule has 0 aliphatic heterocycles. The van der Waals surface area contributed by atoms with Crippen LogP contribution in [-0.2, 0) is 9.59 Å². The fraction of sp³-hybridized carbons (Fsp3) is 0.286. The maximum absolute atomic E-state index is 13.0. The van der Waals surface area contributed by atoms with Crippen molar-refractivity contribution in [3.05, 3.63) is 42.0 Å². The standard InChI is InChI=1S/C14H13F2NO3/c15-11-6-5-8(7-12(11)16)17-13(18)9-3-1-2-4-10(9)14(19)20/h1-2,5-7,9-10H,3-4H2,(H,17,18)(H,19,20)/t9-,10-/m1/s1. The van der Waals surface area contributed by atoms with E-state index in [2.05, 4.69) is 5.32 Å². The van der Waals surface area contributed by atoms with Crippen LogP contribution in [0, 0.1) is 23.5 Å². The number of carbonyl (C=O) groups is 2. The van der Waals surface area contributed by atoms with Crippen molar-refractivity contribution >= 4 is 17.6 Å². The maximum atomic E-state index is 13.0. The highest BCUT2D eigenvalue weighted by atomic mass is 19.2. The van der Waals surface area contributed by atoms with Crippen molar-refractivity contribution in [3.8, 4) is 0 Å². The third-order valence-electron chi connectivity index (χ3n) is 3.27. The molecular weight excluding hydrogens is 268 g/mol. The second-order valence-electron chi connectivity index (χ2n) is 4.61. The lowest BCUT2D eigenvalue weighted by Crippen LogP contribution is -2.34. The molecule has 0 saturated heterocycles. The first kappa shape index (κ1) is 14.2. The van der Waals surface area contributed by atoms with E-state index in [1.54, 1.807) is 12.2 Å². The molecule has 0 fully saturated rings. The highest BCUT2D eigenvalue weighted by Gasteiger charge is 2.33. The second-order valence-corrected chi connectivity index (χ2v) is 4.61. The Morgan fingerprint density at radius 1 is 1.10 bits per heavy atom. The zero-order valence-electron chi connectivity index (χ0n) is 10.5. The number of nitrogens with one attached hydrogen (secondary N) is 1. The summed E-state index contributed by atoms with van der Waals surface area (Å²) in [4.78, 5) is 23.2. The summed E-state index contributed by atoms with van der Waals surface area (Å²) in [5.41, 5.74) is 0.104. The minimum atomic E-state index is -1.07. The van der Waals surface area contributed by atoms with Gasteiger partial charge in [0.15, 0.2) is 11.6 Å². The van der Waals surface area contributed by atoms with Crippen LogP contribution >= 0.6 is 0 Å². The minimum Gasteiger partial charge on any atom is -0.481 e. The Morgan fingerprint density at radius 2 is 1.75 bits per heavy atom. The van der Waals surface area contributed by atoms with Gasteiger partial charge in [0.25, 0.3) is 0 Å². The molecular formula is C14H13F2NO3. The smallest absolute Gasteiger partial charge is 0.307 e. The van der Waals surface area contributed by atoms with E-state index in [9.17, 15) is 18.4 Å². The van der Waals surface area contributed by atoms with Crippen LogP contribution < -0.4 is 5.32 Å². The van der Waals surface area contributed by atoms with Gasteiger partial charge in [-0.25, -0.2) is 8.78 Å². The Bertz CT molecular complexity index is 572. The number of hydrogen-bond donors (Lipinski definition) is 2. The summed E-state index contributed by atoms with van der Waals surface area (Å²) in [6.07, 6.45) is 4.06. The molecule has 1 aromatic rings. The Kier molecular flexibility index (Phi) is 4.12. The van der Waals surface area contributed by atoms with E-state index in [1.165, 1.54) is 6.07 Å². The number of carboxylic acids is 1. The number of hydrogen-bond acceptors (Lipinski definition) is 2. The molecule has 2 atom stereocenters. The molecule has 0 saturated carbocycles. The zero-order valence-corrected chi connectivity index (χ0v) is 10.5. The van der Waals surface area contributed by atoms with Crippen LogP contribution in [0.2, 0.25) is 0 Å². The van der Waals surface area contributed by atoms with Gasteiger partial charge < -0.3 is 10.4 Å². The molecule has 0 spiro atoms. The Hall–Kier alpha value is -2.24. The molecule has 1 aliphatic rings. The van der Waals surface area contributed by atoms with Crippen molar-refractivity contribution in [2.75, 3.05) is 5.32 Å². The van der Waals surface area contributed by atoms with Gasteiger partial charge in [0, 0.05) is 11.8 Å². The van der Waals surface area contributed by atoms with E-state index in [0.29, 0.717) is 6.42 Å². The van der Waals surface area contributed by atoms with Crippen LogP contribution in [0.3, 0.4) is 0 Å². The molecule has 0 aromatic heterocycles. The van der Waals surface area contributed by atoms with Crippen LogP contribution in [0.5, 0.6) is 0 Å². The third kappa shape index (κ3) is 3.01. The summed E-state index contributed by atoms with van der Waals surface area (Å²) in [7, 11) is 0. The second kappa shape index (κ2) is 5.81. The van der Waals surface area contributed by atoms with Gasteiger partial charge >= 0.3 is 5.97 Å². The number of benzene rings is 1. The van der Waals surface area contributed by atoms with Crippen LogP contribution in [0.15, 0.2) is 30.4 Å². The monoisotopic (exact) mass is 281 g/mol. The van der Waals surface area contributed by atoms with Gasteiger partial charge in [-0.15, -0.1) is 0 Å². The van der Waals surface area contributed by atoms with Crippen molar-refractivity contribution in [1.29, 1.82) is 0 Å². The average Bonchev–Trinajstić information content (AvgIpc) is 2.43. The SMILES string of the molecule is O=C(O)[C@@H]1CC=CC[C@H]1C(=O)Nc1ccc(F)c(F)c1. The zero-order chi connectivity index (χ0) is 14.7. The number of anilines is 1. The lowest BCUT2D eigenvalue weighted by atomic mass is 9.82. The molecule has 1 amide bonds. The first-order chi connectivity index (χ1) is 9.49. The molecule has 1 aromatic carbocycles. The molecule has 106 valence electrons. The van der Waals surface area contributed by atoms with Crippen LogP contribution in [-0.4, -0.2) is 17.0 Å². The van der Waals surface area contributed by atoms with Gasteiger partial charge in [0.05, 0.1) is 11.8 Å². The largest absolute Gasteiger partial charge is 0.481 e. The first-order valence-corrected chi connectivity index (χ1v) is 6.12. The van der Waals surface area contributed by atoms with Crippen LogP contribution in [0.1, 0.15) is 12.8 Å². The summed E-state index contributed by atoms with van der Waals surface area (Å²) in [6, 6.07) is 2.99. The molecule has 2 rings (SSSR count). The minimum absolute atomic E-state index is 0.104. The number of carboxylic acid groups (broad SMARTS) is 1. The average molecular weight is 281 g/mol. The van der Waals surface area contributed by atoms with E-state index < -0.39 is 35.3 Å². The van der Waals surface area contributed by atoms with Crippen LogP contribution in [0.4, 0.5) is 14.5 Å². The van der Waals surface area contributed by atoms with Gasteiger partial charge in [0.1, 0.15) is 0 Å². The summed E-state index contributed by atoms with van der Waals surface area (Å²) in [5.74, 6) is -5.14. The van der Waals surface area contributed by atoms with E-state index in [0.717, 1.165) is 12.1 Å². The highest BCUT2D eigenvalue weighted by molar-refractivity contribution is 5.95. The van der Waals surface area contributed by atoms with Gasteiger partial charge in [0.2, 0.25) is 5.91 Å².